The van der Waals surface area contributed by atoms with E-state index in [4.69, 9.17) is 4.74 Å². The molecule has 0 radical (unpaired) electrons. The van der Waals surface area contributed by atoms with Crippen molar-refractivity contribution in [2.24, 2.45) is 0 Å². The summed E-state index contributed by atoms with van der Waals surface area (Å²) in [5.41, 5.74) is 0.761. The van der Waals surface area contributed by atoms with Crippen LogP contribution in [0.4, 0.5) is 0 Å². The van der Waals surface area contributed by atoms with Crippen molar-refractivity contribution in [2.75, 3.05) is 20.2 Å². The van der Waals surface area contributed by atoms with Crippen LogP contribution in [0.2, 0.25) is 0 Å². The lowest BCUT2D eigenvalue weighted by atomic mass is 10.1. The Morgan fingerprint density at radius 1 is 1.26 bits per heavy atom. The van der Waals surface area contributed by atoms with Gasteiger partial charge in [-0.1, -0.05) is 12.8 Å². The van der Waals surface area contributed by atoms with Gasteiger partial charge in [0.25, 0.3) is 5.56 Å². The molecule has 6 nitrogen and oxygen atoms in total. The first-order chi connectivity index (χ1) is 11.2. The zero-order chi connectivity index (χ0) is 16.2. The zero-order valence-corrected chi connectivity index (χ0v) is 13.3. The van der Waals surface area contributed by atoms with Gasteiger partial charge in [-0.2, -0.15) is 0 Å². The number of fused-ring (bicyclic) bond motifs is 1. The van der Waals surface area contributed by atoms with Gasteiger partial charge < -0.3 is 9.72 Å². The summed E-state index contributed by atoms with van der Waals surface area (Å²) in [4.78, 5) is 33.6. The number of aromatic nitrogens is 2. The number of nitrogens with zero attached hydrogens (tertiary/aromatic N) is 2. The number of hydrogen-bond acceptors (Lipinski definition) is 5. The standard InChI is InChI=1S/C17H21N3O3/c1-23-17(22)12-6-7-13-14(10-12)18-15(19-16(13)21)11-20-8-4-2-3-5-9-20/h6-7,10H,2-5,8-9,11H2,1H3,(H,18,19,21). The van der Waals surface area contributed by atoms with Gasteiger partial charge in [-0.25, -0.2) is 9.78 Å². The Kier molecular flexibility index (Phi) is 4.71. The summed E-state index contributed by atoms with van der Waals surface area (Å²) < 4.78 is 4.72. The van der Waals surface area contributed by atoms with Crippen LogP contribution >= 0.6 is 0 Å². The van der Waals surface area contributed by atoms with Crippen LogP contribution in [-0.2, 0) is 11.3 Å². The molecule has 0 bridgehead atoms. The fourth-order valence-corrected chi connectivity index (χ4v) is 3.01. The predicted molar refractivity (Wildman–Crippen MR) is 87.4 cm³/mol. The van der Waals surface area contributed by atoms with Crippen LogP contribution < -0.4 is 5.56 Å². The molecular weight excluding hydrogens is 294 g/mol. The quantitative estimate of drug-likeness (QED) is 0.878. The summed E-state index contributed by atoms with van der Waals surface area (Å²) in [5, 5.41) is 0.484. The van der Waals surface area contributed by atoms with E-state index in [0.717, 1.165) is 13.1 Å². The molecule has 6 heteroatoms. The topological polar surface area (TPSA) is 75.3 Å². The highest BCUT2D eigenvalue weighted by atomic mass is 16.5. The average Bonchev–Trinajstić information content (AvgIpc) is 2.82. The number of carbonyl (C=O) groups is 1. The third kappa shape index (κ3) is 3.59. The van der Waals surface area contributed by atoms with Crippen LogP contribution in [0.15, 0.2) is 23.0 Å². The molecule has 1 aromatic carbocycles. The maximum atomic E-state index is 12.2. The van der Waals surface area contributed by atoms with Gasteiger partial charge in [-0.15, -0.1) is 0 Å². The molecule has 2 aromatic rings. The Hall–Kier alpha value is -2.21. The number of hydrogen-bond donors (Lipinski definition) is 1. The van der Waals surface area contributed by atoms with Crippen molar-refractivity contribution in [3.63, 3.8) is 0 Å². The number of carbonyl (C=O) groups excluding carboxylic acids is 1. The number of benzene rings is 1. The number of ether oxygens (including phenoxy) is 1. The third-order valence-corrected chi connectivity index (χ3v) is 4.25. The van der Waals surface area contributed by atoms with E-state index in [1.165, 1.54) is 32.8 Å². The predicted octanol–water partition coefficient (Wildman–Crippen LogP) is 2.09. The molecule has 1 fully saturated rings. The lowest BCUT2D eigenvalue weighted by molar-refractivity contribution is 0.0601. The van der Waals surface area contributed by atoms with E-state index in [2.05, 4.69) is 14.9 Å². The Bertz CT molecular complexity index is 761. The molecule has 2 heterocycles. The third-order valence-electron chi connectivity index (χ3n) is 4.25. The molecule has 0 atom stereocenters. The van der Waals surface area contributed by atoms with Crippen LogP contribution in [-0.4, -0.2) is 41.0 Å². The number of likely N-dealkylation sites (tertiary alicyclic amines) is 1. The molecule has 0 amide bonds. The van der Waals surface area contributed by atoms with E-state index in [1.807, 2.05) is 0 Å². The van der Waals surface area contributed by atoms with Gasteiger partial charge in [0, 0.05) is 0 Å². The van der Waals surface area contributed by atoms with Crippen molar-refractivity contribution in [3.05, 3.63) is 39.9 Å². The first-order valence-corrected chi connectivity index (χ1v) is 8.01. The summed E-state index contributed by atoms with van der Waals surface area (Å²) in [6, 6.07) is 4.81. The molecular formula is C17H21N3O3. The molecule has 1 N–H and O–H groups in total. The maximum Gasteiger partial charge on any atom is 0.337 e. The van der Waals surface area contributed by atoms with Gasteiger partial charge in [-0.05, 0) is 44.1 Å². The normalized spacial score (nSPS) is 16.2. The molecule has 0 aliphatic carbocycles. The number of methoxy groups -OCH3 is 1. The minimum absolute atomic E-state index is 0.170. The molecule has 0 spiro atoms. The second kappa shape index (κ2) is 6.91. The van der Waals surface area contributed by atoms with Crippen LogP contribution in [0.25, 0.3) is 10.9 Å². The van der Waals surface area contributed by atoms with Crippen molar-refractivity contribution in [3.8, 4) is 0 Å². The Morgan fingerprint density at radius 2 is 2.00 bits per heavy atom. The highest BCUT2D eigenvalue weighted by Gasteiger charge is 2.13. The monoisotopic (exact) mass is 315 g/mol. The van der Waals surface area contributed by atoms with E-state index in [-0.39, 0.29) is 5.56 Å². The minimum atomic E-state index is -0.428. The molecule has 0 saturated carbocycles. The van der Waals surface area contributed by atoms with Gasteiger partial charge in [0.05, 0.1) is 30.1 Å². The van der Waals surface area contributed by atoms with E-state index in [0.29, 0.717) is 28.8 Å². The fourth-order valence-electron chi connectivity index (χ4n) is 3.01. The first-order valence-electron chi connectivity index (χ1n) is 8.01. The molecule has 1 aromatic heterocycles. The number of rotatable bonds is 3. The maximum absolute atomic E-state index is 12.2. The van der Waals surface area contributed by atoms with Crippen molar-refractivity contribution in [2.45, 2.75) is 32.2 Å². The highest BCUT2D eigenvalue weighted by Crippen LogP contribution is 2.14. The van der Waals surface area contributed by atoms with E-state index >= 15 is 0 Å². The van der Waals surface area contributed by atoms with Crippen LogP contribution in [0.3, 0.4) is 0 Å². The second-order valence-corrected chi connectivity index (χ2v) is 5.93. The van der Waals surface area contributed by atoms with Crippen molar-refractivity contribution in [1.82, 2.24) is 14.9 Å². The summed E-state index contributed by atoms with van der Waals surface area (Å²) in [7, 11) is 1.34. The largest absolute Gasteiger partial charge is 0.465 e. The number of H-pyrrole nitrogens is 1. The molecule has 1 saturated heterocycles. The molecule has 0 unspecified atom stereocenters. The van der Waals surface area contributed by atoms with Crippen molar-refractivity contribution in [1.29, 1.82) is 0 Å². The van der Waals surface area contributed by atoms with Gasteiger partial charge >= 0.3 is 5.97 Å². The van der Waals surface area contributed by atoms with Crippen LogP contribution in [0.1, 0.15) is 41.9 Å². The SMILES string of the molecule is COC(=O)c1ccc2c(=O)[nH]c(CN3CCCCCC3)nc2c1. The minimum Gasteiger partial charge on any atom is -0.465 e. The Morgan fingerprint density at radius 3 is 2.70 bits per heavy atom. The van der Waals surface area contributed by atoms with Gasteiger partial charge in [0.2, 0.25) is 0 Å². The Balaban J connectivity index is 1.91. The number of aromatic amines is 1. The molecule has 122 valence electrons. The molecule has 1 aliphatic heterocycles. The molecule has 1 aliphatic rings. The van der Waals surface area contributed by atoms with Crippen LogP contribution in [0, 0.1) is 0 Å². The van der Waals surface area contributed by atoms with Gasteiger partial charge in [0.15, 0.2) is 0 Å². The summed E-state index contributed by atoms with van der Waals surface area (Å²) in [5.74, 6) is 0.217. The fraction of sp³-hybridized carbons (Fsp3) is 0.471. The lowest BCUT2D eigenvalue weighted by Crippen LogP contribution is -2.26. The molecule has 3 rings (SSSR count). The average molecular weight is 315 g/mol. The highest BCUT2D eigenvalue weighted by molar-refractivity contribution is 5.93. The summed E-state index contributed by atoms with van der Waals surface area (Å²) in [6.45, 7) is 2.70. The van der Waals surface area contributed by atoms with Crippen LogP contribution in [0.5, 0.6) is 0 Å². The van der Waals surface area contributed by atoms with Crippen molar-refractivity contribution >= 4 is 16.9 Å². The first kappa shape index (κ1) is 15.7. The van der Waals surface area contributed by atoms with E-state index in [1.54, 1.807) is 18.2 Å². The number of nitrogens with one attached hydrogen (secondary N) is 1. The molecule has 23 heavy (non-hydrogen) atoms. The van der Waals surface area contributed by atoms with Gasteiger partial charge in [0.1, 0.15) is 5.82 Å². The summed E-state index contributed by atoms with van der Waals surface area (Å²) >= 11 is 0. The van der Waals surface area contributed by atoms with E-state index in [9.17, 15) is 9.59 Å². The number of esters is 1. The van der Waals surface area contributed by atoms with E-state index < -0.39 is 5.97 Å². The second-order valence-electron chi connectivity index (χ2n) is 5.93. The van der Waals surface area contributed by atoms with Crippen molar-refractivity contribution < 1.29 is 9.53 Å². The van der Waals surface area contributed by atoms with Gasteiger partial charge in [-0.3, -0.25) is 9.69 Å². The summed E-state index contributed by atoms with van der Waals surface area (Å²) in [6.07, 6.45) is 4.90. The lowest BCUT2D eigenvalue weighted by Gasteiger charge is -2.18. The smallest absolute Gasteiger partial charge is 0.337 e. The Labute approximate surface area is 134 Å². The zero-order valence-electron chi connectivity index (χ0n) is 13.3.